The molecule has 0 bridgehead atoms. The van der Waals surface area contributed by atoms with E-state index < -0.39 is 6.10 Å². The number of aliphatic hydroxyl groups is 1. The Kier molecular flexibility index (Phi) is 6.49. The van der Waals surface area contributed by atoms with Crippen molar-refractivity contribution in [3.8, 4) is 5.75 Å². The molecule has 3 heteroatoms. The van der Waals surface area contributed by atoms with Gasteiger partial charge < -0.3 is 9.84 Å². The minimum Gasteiger partial charge on any atom is -0.491 e. The minimum atomic E-state index is -0.446. The van der Waals surface area contributed by atoms with Gasteiger partial charge in [-0.3, -0.25) is 4.90 Å². The summed E-state index contributed by atoms with van der Waals surface area (Å²) < 4.78 is 5.98. The molecule has 1 saturated heterocycles. The summed E-state index contributed by atoms with van der Waals surface area (Å²) in [6.45, 7) is 12.0. The number of β-amino-alcohol motifs (C(OH)–C–C–N with tert-alkyl or cyclic N) is 1. The summed E-state index contributed by atoms with van der Waals surface area (Å²) in [6, 6.07) is 7.44. The molecule has 3 atom stereocenters. The predicted molar refractivity (Wildman–Crippen MR) is 96.3 cm³/mol. The number of ether oxygens (including phenoxy) is 1. The quantitative estimate of drug-likeness (QED) is 0.856. The lowest BCUT2D eigenvalue weighted by atomic mass is 9.97. The molecule has 2 rings (SSSR count). The molecule has 0 aromatic heterocycles. The van der Waals surface area contributed by atoms with E-state index in [1.54, 1.807) is 0 Å². The minimum absolute atomic E-state index is 0.360. The number of rotatable bonds is 6. The zero-order chi connectivity index (χ0) is 17.0. The number of piperidine rings is 1. The average Bonchev–Trinajstić information content (AvgIpc) is 2.49. The van der Waals surface area contributed by atoms with Gasteiger partial charge >= 0.3 is 0 Å². The zero-order valence-corrected chi connectivity index (χ0v) is 15.4. The Labute approximate surface area is 141 Å². The van der Waals surface area contributed by atoms with Crippen LogP contribution in [-0.2, 0) is 0 Å². The van der Waals surface area contributed by atoms with Gasteiger partial charge in [-0.15, -0.1) is 0 Å². The molecule has 1 N–H and O–H groups in total. The van der Waals surface area contributed by atoms with Gasteiger partial charge in [-0.25, -0.2) is 0 Å². The normalized spacial score (nSPS) is 24.0. The van der Waals surface area contributed by atoms with Crippen LogP contribution in [0, 0.1) is 6.92 Å². The number of aliphatic hydroxyl groups excluding tert-OH is 1. The van der Waals surface area contributed by atoms with Crippen LogP contribution in [0.3, 0.4) is 0 Å². The Hall–Kier alpha value is -1.06. The van der Waals surface area contributed by atoms with Gasteiger partial charge in [0.2, 0.25) is 0 Å². The first kappa shape index (κ1) is 18.3. The summed E-state index contributed by atoms with van der Waals surface area (Å²) in [5.74, 6) is 1.34. The third kappa shape index (κ3) is 4.95. The molecular weight excluding hydrogens is 286 g/mol. The van der Waals surface area contributed by atoms with Crippen molar-refractivity contribution in [2.24, 2.45) is 0 Å². The Morgan fingerprint density at radius 1 is 1.22 bits per heavy atom. The highest BCUT2D eigenvalue weighted by Crippen LogP contribution is 2.28. The highest BCUT2D eigenvalue weighted by atomic mass is 16.5. The molecule has 1 aliphatic heterocycles. The van der Waals surface area contributed by atoms with Crippen molar-refractivity contribution in [1.82, 2.24) is 4.90 Å². The maximum atomic E-state index is 10.4. The Balaban J connectivity index is 1.94. The molecule has 0 saturated carbocycles. The van der Waals surface area contributed by atoms with E-state index in [9.17, 15) is 5.11 Å². The fourth-order valence-corrected chi connectivity index (χ4v) is 3.56. The van der Waals surface area contributed by atoms with E-state index in [0.29, 0.717) is 31.2 Å². The maximum absolute atomic E-state index is 10.4. The van der Waals surface area contributed by atoms with Gasteiger partial charge in [0.05, 0.1) is 0 Å². The fraction of sp³-hybridized carbons (Fsp3) is 0.700. The summed E-state index contributed by atoms with van der Waals surface area (Å²) >= 11 is 0. The number of hydrogen-bond donors (Lipinski definition) is 1. The molecule has 0 radical (unpaired) electrons. The molecule has 0 aliphatic carbocycles. The lowest BCUT2D eigenvalue weighted by Gasteiger charge is -2.40. The molecule has 3 unspecified atom stereocenters. The summed E-state index contributed by atoms with van der Waals surface area (Å²) in [6.07, 6.45) is 3.31. The second-order valence-corrected chi connectivity index (χ2v) is 7.49. The second kappa shape index (κ2) is 8.16. The van der Waals surface area contributed by atoms with E-state index in [0.717, 1.165) is 5.75 Å². The summed E-state index contributed by atoms with van der Waals surface area (Å²) in [7, 11) is 0. The van der Waals surface area contributed by atoms with Crippen LogP contribution in [0.1, 0.15) is 64.0 Å². The van der Waals surface area contributed by atoms with Gasteiger partial charge in [0, 0.05) is 18.6 Å². The first-order valence-corrected chi connectivity index (χ1v) is 9.05. The van der Waals surface area contributed by atoms with Gasteiger partial charge in [-0.2, -0.15) is 0 Å². The molecule has 130 valence electrons. The van der Waals surface area contributed by atoms with E-state index in [2.05, 4.69) is 57.7 Å². The van der Waals surface area contributed by atoms with Crippen molar-refractivity contribution < 1.29 is 9.84 Å². The predicted octanol–water partition coefficient (Wildman–Crippen LogP) is 4.12. The number of nitrogens with zero attached hydrogens (tertiary/aromatic N) is 1. The van der Waals surface area contributed by atoms with E-state index in [4.69, 9.17) is 4.74 Å². The Morgan fingerprint density at radius 2 is 1.87 bits per heavy atom. The first-order chi connectivity index (χ1) is 10.9. The molecule has 1 aliphatic rings. The van der Waals surface area contributed by atoms with Crippen molar-refractivity contribution in [2.75, 3.05) is 13.2 Å². The van der Waals surface area contributed by atoms with Crippen molar-refractivity contribution in [3.05, 3.63) is 29.3 Å². The molecule has 0 spiro atoms. The van der Waals surface area contributed by atoms with Crippen molar-refractivity contribution in [1.29, 1.82) is 0 Å². The van der Waals surface area contributed by atoms with Crippen LogP contribution >= 0.6 is 0 Å². The van der Waals surface area contributed by atoms with Crippen LogP contribution in [0.4, 0.5) is 0 Å². The standard InChI is InChI=1S/C20H33NO2/c1-14(2)19-10-9-15(3)11-20(19)23-13-18(22)12-21-16(4)7-6-8-17(21)5/h9-11,14,16-18,22H,6-8,12-13H2,1-5H3. The SMILES string of the molecule is Cc1ccc(C(C)C)c(OCC(O)CN2C(C)CCCC2C)c1. The smallest absolute Gasteiger partial charge is 0.123 e. The third-order valence-corrected chi connectivity index (χ3v) is 5.02. The number of aryl methyl sites for hydroxylation is 1. The van der Waals surface area contributed by atoms with Crippen LogP contribution in [0.25, 0.3) is 0 Å². The molecule has 23 heavy (non-hydrogen) atoms. The van der Waals surface area contributed by atoms with Crippen molar-refractivity contribution in [3.63, 3.8) is 0 Å². The van der Waals surface area contributed by atoms with Crippen LogP contribution in [0.2, 0.25) is 0 Å². The highest BCUT2D eigenvalue weighted by Gasteiger charge is 2.26. The molecule has 1 aromatic carbocycles. The molecule has 1 aromatic rings. The lowest BCUT2D eigenvalue weighted by Crippen LogP contribution is -2.48. The van der Waals surface area contributed by atoms with Crippen molar-refractivity contribution in [2.45, 2.75) is 78.0 Å². The summed E-state index contributed by atoms with van der Waals surface area (Å²) in [5, 5.41) is 10.4. The monoisotopic (exact) mass is 319 g/mol. The fourth-order valence-electron chi connectivity index (χ4n) is 3.56. The Bertz CT molecular complexity index is 490. The molecule has 1 heterocycles. The topological polar surface area (TPSA) is 32.7 Å². The summed E-state index contributed by atoms with van der Waals surface area (Å²) in [5.41, 5.74) is 2.40. The van der Waals surface area contributed by atoms with Gasteiger partial charge in [-0.1, -0.05) is 32.4 Å². The van der Waals surface area contributed by atoms with Gasteiger partial charge in [-0.05, 0) is 56.7 Å². The first-order valence-electron chi connectivity index (χ1n) is 9.05. The lowest BCUT2D eigenvalue weighted by molar-refractivity contribution is 0.0207. The molecule has 1 fully saturated rings. The van der Waals surface area contributed by atoms with Crippen LogP contribution in [0.5, 0.6) is 5.75 Å². The number of likely N-dealkylation sites (tertiary alicyclic amines) is 1. The van der Waals surface area contributed by atoms with Gasteiger partial charge in [0.1, 0.15) is 18.5 Å². The van der Waals surface area contributed by atoms with E-state index in [1.807, 2.05) is 0 Å². The van der Waals surface area contributed by atoms with Gasteiger partial charge in [0.15, 0.2) is 0 Å². The molecule has 0 amide bonds. The highest BCUT2D eigenvalue weighted by molar-refractivity contribution is 5.39. The average molecular weight is 319 g/mol. The molecule has 3 nitrogen and oxygen atoms in total. The van der Waals surface area contributed by atoms with Crippen LogP contribution in [-0.4, -0.2) is 41.3 Å². The van der Waals surface area contributed by atoms with Crippen molar-refractivity contribution >= 4 is 0 Å². The van der Waals surface area contributed by atoms with E-state index >= 15 is 0 Å². The molecular formula is C20H33NO2. The number of benzene rings is 1. The van der Waals surface area contributed by atoms with Crippen LogP contribution < -0.4 is 4.74 Å². The third-order valence-electron chi connectivity index (χ3n) is 5.02. The number of hydrogen-bond acceptors (Lipinski definition) is 3. The zero-order valence-electron chi connectivity index (χ0n) is 15.4. The van der Waals surface area contributed by atoms with E-state index in [-0.39, 0.29) is 0 Å². The van der Waals surface area contributed by atoms with Gasteiger partial charge in [0.25, 0.3) is 0 Å². The van der Waals surface area contributed by atoms with Crippen LogP contribution in [0.15, 0.2) is 18.2 Å². The second-order valence-electron chi connectivity index (χ2n) is 7.49. The van der Waals surface area contributed by atoms with E-state index in [1.165, 1.54) is 30.4 Å². The maximum Gasteiger partial charge on any atom is 0.123 e. The summed E-state index contributed by atoms with van der Waals surface area (Å²) in [4.78, 5) is 2.43. The largest absolute Gasteiger partial charge is 0.491 e. The Morgan fingerprint density at radius 3 is 2.48 bits per heavy atom.